The number of aliphatic hydroxyl groups excluding tert-OH is 1. The number of benzene rings is 1. The third-order valence-corrected chi connectivity index (χ3v) is 5.50. The second kappa shape index (κ2) is 5.28. The van der Waals surface area contributed by atoms with E-state index < -0.39 is 20.7 Å². The van der Waals surface area contributed by atoms with E-state index in [0.29, 0.717) is 5.75 Å². The summed E-state index contributed by atoms with van der Waals surface area (Å²) in [6, 6.07) is 7.25. The SMILES string of the molecule is COc1cccc(CC(O)C(C)(C)S(C)(=O)=O)c1. The van der Waals surface area contributed by atoms with Gasteiger partial charge >= 0.3 is 0 Å². The molecule has 1 unspecified atom stereocenters. The van der Waals surface area contributed by atoms with Crippen molar-refractivity contribution in [1.82, 2.24) is 0 Å². The molecule has 1 N–H and O–H groups in total. The molecular formula is C13H20O4S. The van der Waals surface area contributed by atoms with Crippen LogP contribution in [0.15, 0.2) is 24.3 Å². The summed E-state index contributed by atoms with van der Waals surface area (Å²) in [6.45, 7) is 3.07. The monoisotopic (exact) mass is 272 g/mol. The van der Waals surface area contributed by atoms with Crippen LogP contribution in [0.2, 0.25) is 0 Å². The lowest BCUT2D eigenvalue weighted by atomic mass is 9.98. The van der Waals surface area contributed by atoms with Crippen molar-refractivity contribution in [2.45, 2.75) is 31.1 Å². The van der Waals surface area contributed by atoms with Crippen LogP contribution < -0.4 is 4.74 Å². The topological polar surface area (TPSA) is 63.6 Å². The lowest BCUT2D eigenvalue weighted by molar-refractivity contribution is 0.138. The summed E-state index contributed by atoms with van der Waals surface area (Å²) in [5.41, 5.74) is 0.846. The molecule has 18 heavy (non-hydrogen) atoms. The average Bonchev–Trinajstić information content (AvgIpc) is 2.27. The van der Waals surface area contributed by atoms with Crippen molar-refractivity contribution in [3.8, 4) is 5.75 Å². The second-order valence-corrected chi connectivity index (χ2v) is 7.54. The summed E-state index contributed by atoms with van der Waals surface area (Å²) in [4.78, 5) is 0. The van der Waals surface area contributed by atoms with Crippen molar-refractivity contribution in [2.75, 3.05) is 13.4 Å². The van der Waals surface area contributed by atoms with Gasteiger partial charge in [-0.15, -0.1) is 0 Å². The zero-order valence-electron chi connectivity index (χ0n) is 11.2. The van der Waals surface area contributed by atoms with Gasteiger partial charge in [-0.25, -0.2) is 8.42 Å². The fourth-order valence-electron chi connectivity index (χ4n) is 1.52. The first kappa shape index (κ1) is 15.0. The molecule has 0 spiro atoms. The molecule has 1 rings (SSSR count). The van der Waals surface area contributed by atoms with Crippen molar-refractivity contribution in [1.29, 1.82) is 0 Å². The lowest BCUT2D eigenvalue weighted by Crippen LogP contribution is -2.44. The molecule has 0 fully saturated rings. The highest BCUT2D eigenvalue weighted by Crippen LogP contribution is 2.24. The third-order valence-electron chi connectivity index (χ3n) is 3.32. The number of ether oxygens (including phenoxy) is 1. The average molecular weight is 272 g/mol. The molecule has 1 atom stereocenters. The van der Waals surface area contributed by atoms with Gasteiger partial charge in [-0.3, -0.25) is 0 Å². The molecule has 5 heteroatoms. The third kappa shape index (κ3) is 3.23. The van der Waals surface area contributed by atoms with E-state index in [1.165, 1.54) is 13.8 Å². The van der Waals surface area contributed by atoms with Gasteiger partial charge in [0.25, 0.3) is 0 Å². The van der Waals surface area contributed by atoms with E-state index in [9.17, 15) is 13.5 Å². The van der Waals surface area contributed by atoms with E-state index in [1.54, 1.807) is 19.2 Å². The minimum absolute atomic E-state index is 0.275. The maximum atomic E-state index is 11.6. The Hall–Kier alpha value is -1.07. The van der Waals surface area contributed by atoms with Crippen LogP contribution in [0.25, 0.3) is 0 Å². The molecule has 0 aromatic heterocycles. The summed E-state index contributed by atoms with van der Waals surface area (Å²) >= 11 is 0. The molecule has 102 valence electrons. The Morgan fingerprint density at radius 1 is 1.39 bits per heavy atom. The zero-order valence-corrected chi connectivity index (χ0v) is 12.0. The molecule has 0 amide bonds. The van der Waals surface area contributed by atoms with Crippen molar-refractivity contribution in [3.05, 3.63) is 29.8 Å². The van der Waals surface area contributed by atoms with E-state index in [0.717, 1.165) is 11.8 Å². The summed E-state index contributed by atoms with van der Waals surface area (Å²) in [5, 5.41) is 10.1. The van der Waals surface area contributed by atoms with E-state index in [4.69, 9.17) is 4.74 Å². The Morgan fingerprint density at radius 3 is 2.50 bits per heavy atom. The quantitative estimate of drug-likeness (QED) is 0.880. The molecule has 1 aromatic carbocycles. The van der Waals surface area contributed by atoms with E-state index in [2.05, 4.69) is 0 Å². The first-order valence-corrected chi connectivity index (χ1v) is 7.58. The Balaban J connectivity index is 2.91. The fraction of sp³-hybridized carbons (Fsp3) is 0.538. The Morgan fingerprint density at radius 2 is 2.00 bits per heavy atom. The fourth-order valence-corrected chi connectivity index (χ4v) is 2.09. The van der Waals surface area contributed by atoms with Crippen molar-refractivity contribution in [3.63, 3.8) is 0 Å². The van der Waals surface area contributed by atoms with Crippen LogP contribution >= 0.6 is 0 Å². The highest BCUT2D eigenvalue weighted by Gasteiger charge is 2.37. The second-order valence-electron chi connectivity index (χ2n) is 4.95. The van der Waals surface area contributed by atoms with Gasteiger partial charge in [-0.05, 0) is 31.5 Å². The molecule has 4 nitrogen and oxygen atoms in total. The van der Waals surface area contributed by atoms with Crippen LogP contribution in [0.3, 0.4) is 0 Å². The summed E-state index contributed by atoms with van der Waals surface area (Å²) in [7, 11) is -1.75. The number of hydrogen-bond acceptors (Lipinski definition) is 4. The smallest absolute Gasteiger partial charge is 0.155 e. The zero-order chi connectivity index (χ0) is 14.0. The molecule has 0 saturated heterocycles. The van der Waals surface area contributed by atoms with Crippen LogP contribution in [-0.2, 0) is 16.3 Å². The minimum Gasteiger partial charge on any atom is -0.497 e. The van der Waals surface area contributed by atoms with Crippen molar-refractivity contribution >= 4 is 9.84 Å². The number of aliphatic hydroxyl groups is 1. The van der Waals surface area contributed by atoms with Crippen molar-refractivity contribution in [2.24, 2.45) is 0 Å². The Bertz CT molecular complexity index is 505. The normalized spacial score (nSPS) is 14.3. The first-order valence-electron chi connectivity index (χ1n) is 5.69. The predicted octanol–water partition coefficient (Wildman–Crippen LogP) is 1.42. The van der Waals surface area contributed by atoms with Gasteiger partial charge in [0.15, 0.2) is 9.84 Å². The van der Waals surface area contributed by atoms with E-state index in [1.807, 2.05) is 12.1 Å². The Kier molecular flexibility index (Phi) is 4.40. The molecule has 0 radical (unpaired) electrons. The standard InChI is InChI=1S/C13H20O4S/c1-13(2,18(4,15)16)12(14)9-10-6-5-7-11(8-10)17-3/h5-8,12,14H,9H2,1-4H3. The molecule has 0 bridgehead atoms. The first-order chi connectivity index (χ1) is 8.18. The van der Waals surface area contributed by atoms with Gasteiger partial charge in [0, 0.05) is 12.7 Å². The lowest BCUT2D eigenvalue weighted by Gasteiger charge is -2.28. The molecule has 0 aliphatic rings. The highest BCUT2D eigenvalue weighted by molar-refractivity contribution is 7.92. The molecule has 0 saturated carbocycles. The van der Waals surface area contributed by atoms with Gasteiger partial charge in [0.2, 0.25) is 0 Å². The van der Waals surface area contributed by atoms with Gasteiger partial charge in [-0.1, -0.05) is 12.1 Å². The van der Waals surface area contributed by atoms with E-state index >= 15 is 0 Å². The van der Waals surface area contributed by atoms with Crippen LogP contribution in [0, 0.1) is 0 Å². The Labute approximate surface area is 109 Å². The molecule has 0 aliphatic carbocycles. The number of rotatable bonds is 5. The maximum Gasteiger partial charge on any atom is 0.155 e. The van der Waals surface area contributed by atoms with Crippen LogP contribution in [0.5, 0.6) is 5.75 Å². The van der Waals surface area contributed by atoms with Crippen LogP contribution in [0.1, 0.15) is 19.4 Å². The molecule has 0 heterocycles. The minimum atomic E-state index is -3.32. The predicted molar refractivity (Wildman–Crippen MR) is 71.6 cm³/mol. The highest BCUT2D eigenvalue weighted by atomic mass is 32.2. The molecule has 1 aromatic rings. The van der Waals surface area contributed by atoms with Gasteiger partial charge < -0.3 is 9.84 Å². The van der Waals surface area contributed by atoms with Gasteiger partial charge in [0.05, 0.1) is 18.0 Å². The van der Waals surface area contributed by atoms with Crippen LogP contribution in [-0.4, -0.2) is 37.7 Å². The van der Waals surface area contributed by atoms with E-state index in [-0.39, 0.29) is 6.42 Å². The molecular weight excluding hydrogens is 252 g/mol. The van der Waals surface area contributed by atoms with Gasteiger partial charge in [-0.2, -0.15) is 0 Å². The summed E-state index contributed by atoms with van der Waals surface area (Å²) in [6.07, 6.45) is 0.457. The van der Waals surface area contributed by atoms with Crippen LogP contribution in [0.4, 0.5) is 0 Å². The van der Waals surface area contributed by atoms with Gasteiger partial charge in [0.1, 0.15) is 5.75 Å². The summed E-state index contributed by atoms with van der Waals surface area (Å²) < 4.78 is 27.2. The maximum absolute atomic E-state index is 11.6. The largest absolute Gasteiger partial charge is 0.497 e. The summed E-state index contributed by atoms with van der Waals surface area (Å²) in [5.74, 6) is 0.692. The molecule has 0 aliphatic heterocycles. The van der Waals surface area contributed by atoms with Crippen molar-refractivity contribution < 1.29 is 18.3 Å². The number of hydrogen-bond donors (Lipinski definition) is 1. The number of methoxy groups -OCH3 is 1. The number of sulfone groups is 1.